The van der Waals surface area contributed by atoms with E-state index in [2.05, 4.69) is 29.0 Å². The molecule has 1 aliphatic rings. The van der Waals surface area contributed by atoms with Crippen molar-refractivity contribution in [3.8, 4) is 6.07 Å². The Morgan fingerprint density at radius 3 is 2.77 bits per heavy atom. The molecule has 2 rings (SSSR count). The van der Waals surface area contributed by atoms with E-state index in [1.807, 2.05) is 25.1 Å². The average Bonchev–Trinajstić information content (AvgIpc) is 2.49. The standard InChI is InChI=1S/C18H27N3O/c1-15(22)12-21-8-6-16(7-9-21)13-20(2)14-18-5-3-4-17(10-18)11-19/h3-5,10,15-16,22H,6-9,12-14H2,1-2H3/t15-/m1/s1. The van der Waals surface area contributed by atoms with E-state index in [0.717, 1.165) is 44.2 Å². The number of nitriles is 1. The van der Waals surface area contributed by atoms with Gasteiger partial charge in [0.05, 0.1) is 17.7 Å². The van der Waals surface area contributed by atoms with Crippen molar-refractivity contribution in [1.82, 2.24) is 9.80 Å². The third-order valence-corrected chi connectivity index (χ3v) is 4.31. The number of nitrogens with zero attached hydrogens (tertiary/aromatic N) is 3. The van der Waals surface area contributed by atoms with Crippen molar-refractivity contribution in [3.05, 3.63) is 35.4 Å². The summed E-state index contributed by atoms with van der Waals surface area (Å²) in [4.78, 5) is 4.71. The van der Waals surface area contributed by atoms with Crippen LogP contribution in [-0.4, -0.2) is 54.2 Å². The Morgan fingerprint density at radius 1 is 1.41 bits per heavy atom. The summed E-state index contributed by atoms with van der Waals surface area (Å²) in [6.45, 7) is 6.82. The molecule has 0 aliphatic carbocycles. The van der Waals surface area contributed by atoms with Crippen LogP contribution in [0, 0.1) is 17.2 Å². The second-order valence-corrected chi connectivity index (χ2v) is 6.60. The Morgan fingerprint density at radius 2 is 2.14 bits per heavy atom. The summed E-state index contributed by atoms with van der Waals surface area (Å²) < 4.78 is 0. The Balaban J connectivity index is 1.76. The largest absolute Gasteiger partial charge is 0.392 e. The van der Waals surface area contributed by atoms with Gasteiger partial charge in [0.2, 0.25) is 0 Å². The maximum absolute atomic E-state index is 9.45. The van der Waals surface area contributed by atoms with Crippen LogP contribution < -0.4 is 0 Å². The van der Waals surface area contributed by atoms with Crippen LogP contribution in [0.3, 0.4) is 0 Å². The summed E-state index contributed by atoms with van der Waals surface area (Å²) in [5.74, 6) is 0.731. The van der Waals surface area contributed by atoms with Crippen molar-refractivity contribution in [2.75, 3.05) is 33.2 Å². The van der Waals surface area contributed by atoms with Gasteiger partial charge in [-0.25, -0.2) is 0 Å². The van der Waals surface area contributed by atoms with Crippen LogP contribution in [0.2, 0.25) is 0 Å². The molecule has 4 nitrogen and oxygen atoms in total. The zero-order chi connectivity index (χ0) is 15.9. The molecule has 1 fully saturated rings. The van der Waals surface area contributed by atoms with Crippen molar-refractivity contribution in [2.45, 2.75) is 32.4 Å². The number of hydrogen-bond acceptors (Lipinski definition) is 4. The third-order valence-electron chi connectivity index (χ3n) is 4.31. The van der Waals surface area contributed by atoms with E-state index < -0.39 is 0 Å². The Bertz CT molecular complexity index is 501. The van der Waals surface area contributed by atoms with Gasteiger partial charge in [0.1, 0.15) is 0 Å². The summed E-state index contributed by atoms with van der Waals surface area (Å²) in [7, 11) is 2.15. The Labute approximate surface area is 134 Å². The number of likely N-dealkylation sites (tertiary alicyclic amines) is 1. The lowest BCUT2D eigenvalue weighted by atomic mass is 9.96. The number of piperidine rings is 1. The fraction of sp³-hybridized carbons (Fsp3) is 0.611. The van der Waals surface area contributed by atoms with E-state index in [-0.39, 0.29) is 6.10 Å². The predicted molar refractivity (Wildman–Crippen MR) is 88.3 cm³/mol. The fourth-order valence-corrected chi connectivity index (χ4v) is 3.28. The number of aliphatic hydroxyl groups is 1. The highest BCUT2D eigenvalue weighted by Crippen LogP contribution is 2.19. The van der Waals surface area contributed by atoms with Crippen LogP contribution >= 0.6 is 0 Å². The summed E-state index contributed by atoms with van der Waals surface area (Å²) >= 11 is 0. The molecule has 1 aromatic rings. The molecule has 0 radical (unpaired) electrons. The van der Waals surface area contributed by atoms with Crippen molar-refractivity contribution in [1.29, 1.82) is 5.26 Å². The first-order valence-corrected chi connectivity index (χ1v) is 8.15. The van der Waals surface area contributed by atoms with Crippen LogP contribution in [0.25, 0.3) is 0 Å². The normalized spacial score (nSPS) is 18.3. The van der Waals surface area contributed by atoms with Gasteiger partial charge in [-0.15, -0.1) is 0 Å². The lowest BCUT2D eigenvalue weighted by molar-refractivity contribution is 0.0919. The first-order valence-electron chi connectivity index (χ1n) is 8.15. The van der Waals surface area contributed by atoms with Gasteiger partial charge >= 0.3 is 0 Å². The van der Waals surface area contributed by atoms with Gasteiger partial charge in [-0.2, -0.15) is 5.26 Å². The molecule has 120 valence electrons. The average molecular weight is 301 g/mol. The molecule has 1 atom stereocenters. The number of hydrogen-bond donors (Lipinski definition) is 1. The lowest BCUT2D eigenvalue weighted by Crippen LogP contribution is -2.40. The number of aliphatic hydroxyl groups excluding tert-OH is 1. The molecule has 4 heteroatoms. The van der Waals surface area contributed by atoms with Gasteiger partial charge in [0.25, 0.3) is 0 Å². The molecule has 1 saturated heterocycles. The summed E-state index contributed by atoms with van der Waals surface area (Å²) in [5, 5.41) is 18.4. The molecule has 22 heavy (non-hydrogen) atoms. The first kappa shape index (κ1) is 17.0. The van der Waals surface area contributed by atoms with E-state index >= 15 is 0 Å². The van der Waals surface area contributed by atoms with E-state index in [0.29, 0.717) is 0 Å². The lowest BCUT2D eigenvalue weighted by Gasteiger charge is -2.34. The minimum Gasteiger partial charge on any atom is -0.392 e. The summed E-state index contributed by atoms with van der Waals surface area (Å²) in [6.07, 6.45) is 2.18. The molecule has 0 aromatic heterocycles. The smallest absolute Gasteiger partial charge is 0.0991 e. The monoisotopic (exact) mass is 301 g/mol. The molecule has 0 spiro atoms. The van der Waals surface area contributed by atoms with Crippen molar-refractivity contribution in [3.63, 3.8) is 0 Å². The van der Waals surface area contributed by atoms with Gasteiger partial charge in [-0.05, 0) is 63.5 Å². The molecule has 1 aliphatic heterocycles. The van der Waals surface area contributed by atoms with E-state index in [1.54, 1.807) is 0 Å². The molecule has 1 N–H and O–H groups in total. The first-order chi connectivity index (χ1) is 10.6. The zero-order valence-corrected chi connectivity index (χ0v) is 13.7. The molecule has 0 saturated carbocycles. The number of β-amino-alcohol motifs (C(OH)–C–C–N with tert-alkyl or cyclic N) is 1. The quantitative estimate of drug-likeness (QED) is 0.874. The highest BCUT2D eigenvalue weighted by molar-refractivity contribution is 5.32. The molecular weight excluding hydrogens is 274 g/mol. The minimum atomic E-state index is -0.230. The van der Waals surface area contributed by atoms with Crippen LogP contribution in [0.5, 0.6) is 0 Å². The van der Waals surface area contributed by atoms with Gasteiger partial charge in [-0.3, -0.25) is 0 Å². The molecule has 0 amide bonds. The second-order valence-electron chi connectivity index (χ2n) is 6.60. The van der Waals surface area contributed by atoms with Crippen LogP contribution in [0.15, 0.2) is 24.3 Å². The third kappa shape index (κ3) is 5.42. The van der Waals surface area contributed by atoms with Crippen molar-refractivity contribution in [2.24, 2.45) is 5.92 Å². The Hall–Kier alpha value is -1.41. The summed E-state index contributed by atoms with van der Waals surface area (Å²) in [5.41, 5.74) is 1.94. The van der Waals surface area contributed by atoms with E-state index in [4.69, 9.17) is 5.26 Å². The molecule has 0 bridgehead atoms. The predicted octanol–water partition coefficient (Wildman–Crippen LogP) is 2.08. The van der Waals surface area contributed by atoms with Crippen molar-refractivity contribution >= 4 is 0 Å². The van der Waals surface area contributed by atoms with Crippen LogP contribution in [-0.2, 0) is 6.54 Å². The molecular formula is C18H27N3O. The van der Waals surface area contributed by atoms with Gasteiger partial charge in [-0.1, -0.05) is 12.1 Å². The number of benzene rings is 1. The maximum atomic E-state index is 9.45. The molecule has 1 aromatic carbocycles. The van der Waals surface area contributed by atoms with Gasteiger partial charge < -0.3 is 14.9 Å². The number of rotatable bonds is 6. The van der Waals surface area contributed by atoms with Gasteiger partial charge in [0.15, 0.2) is 0 Å². The van der Waals surface area contributed by atoms with Crippen LogP contribution in [0.4, 0.5) is 0 Å². The zero-order valence-electron chi connectivity index (χ0n) is 13.7. The van der Waals surface area contributed by atoms with Crippen LogP contribution in [0.1, 0.15) is 30.9 Å². The Kier molecular flexibility index (Phi) is 6.38. The van der Waals surface area contributed by atoms with Gasteiger partial charge in [0, 0.05) is 19.6 Å². The maximum Gasteiger partial charge on any atom is 0.0991 e. The second kappa shape index (κ2) is 8.28. The highest BCUT2D eigenvalue weighted by Gasteiger charge is 2.21. The highest BCUT2D eigenvalue weighted by atomic mass is 16.3. The molecule has 0 unspecified atom stereocenters. The summed E-state index contributed by atoms with van der Waals surface area (Å²) in [6, 6.07) is 10.1. The fourth-order valence-electron chi connectivity index (χ4n) is 3.28. The minimum absolute atomic E-state index is 0.230. The SMILES string of the molecule is C[C@@H](O)CN1CCC(CN(C)Cc2cccc(C#N)c2)CC1. The van der Waals surface area contributed by atoms with E-state index in [9.17, 15) is 5.11 Å². The van der Waals surface area contributed by atoms with Crippen molar-refractivity contribution < 1.29 is 5.11 Å². The van der Waals surface area contributed by atoms with E-state index in [1.165, 1.54) is 18.4 Å². The topological polar surface area (TPSA) is 50.5 Å². The molecule has 1 heterocycles.